The number of quaternary nitrogens is 1. The van der Waals surface area contributed by atoms with Crippen molar-refractivity contribution in [2.24, 2.45) is 0 Å². The number of sulfonamides is 1. The van der Waals surface area contributed by atoms with Crippen molar-refractivity contribution < 1.29 is 40.3 Å². The number of ether oxygens (including phenoxy) is 2. The number of nitrogens with zero attached hydrogens (tertiary/aromatic N) is 4. The van der Waals surface area contributed by atoms with E-state index in [4.69, 9.17) is 26.1 Å². The second kappa shape index (κ2) is 16.9. The first-order chi connectivity index (χ1) is 26.2. The molecule has 1 aromatic heterocycles. The Balaban J connectivity index is 1.24. The first-order valence-corrected chi connectivity index (χ1v) is 20.9. The Morgan fingerprint density at radius 1 is 1.05 bits per heavy atom. The van der Waals surface area contributed by atoms with Gasteiger partial charge in [-0.25, -0.2) is 26.6 Å². The third-order valence-electron chi connectivity index (χ3n) is 10.9. The number of piperazine rings is 3. The first kappa shape index (κ1) is 41.0. The van der Waals surface area contributed by atoms with Gasteiger partial charge in [0.1, 0.15) is 24.1 Å². The molecule has 0 radical (unpaired) electrons. The number of thioether (sulfide) groups is 1. The van der Waals surface area contributed by atoms with E-state index in [-0.39, 0.29) is 17.9 Å². The van der Waals surface area contributed by atoms with E-state index >= 15 is 4.39 Å². The number of aromatic amines is 1. The summed E-state index contributed by atoms with van der Waals surface area (Å²) in [7, 11) is -1.90. The van der Waals surface area contributed by atoms with Crippen molar-refractivity contribution in [2.75, 3.05) is 73.3 Å². The van der Waals surface area contributed by atoms with Crippen molar-refractivity contribution in [3.63, 3.8) is 0 Å². The minimum Gasteiger partial charge on any atom is -0.495 e. The Hall–Kier alpha value is -3.60. The third kappa shape index (κ3) is 8.71. The van der Waals surface area contributed by atoms with E-state index in [9.17, 15) is 22.0 Å². The fourth-order valence-electron chi connectivity index (χ4n) is 7.43. The van der Waals surface area contributed by atoms with E-state index in [1.54, 1.807) is 18.2 Å². The number of hydrogen-bond acceptors (Lipinski definition) is 8. The molecule has 4 aromatic rings. The van der Waals surface area contributed by atoms with E-state index < -0.39 is 50.7 Å². The minimum absolute atomic E-state index is 0.0770. The Morgan fingerprint density at radius 2 is 1.75 bits per heavy atom. The van der Waals surface area contributed by atoms with Crippen molar-refractivity contribution in [1.82, 2.24) is 19.2 Å². The van der Waals surface area contributed by atoms with Gasteiger partial charge in [-0.15, -0.1) is 0 Å². The number of alkyl halides is 1. The molecule has 3 aliphatic heterocycles. The molecule has 0 unspecified atom stereocenters. The van der Waals surface area contributed by atoms with Crippen LogP contribution in [0, 0.1) is 11.6 Å². The zero-order valence-corrected chi connectivity index (χ0v) is 33.7. The third-order valence-corrected chi connectivity index (χ3v) is 14.1. The maximum absolute atomic E-state index is 15.8. The zero-order chi connectivity index (χ0) is 39.5. The molecule has 2 bridgehead atoms. The van der Waals surface area contributed by atoms with Gasteiger partial charge >= 0.3 is 5.97 Å². The van der Waals surface area contributed by atoms with Crippen molar-refractivity contribution in [2.45, 2.75) is 47.5 Å². The van der Waals surface area contributed by atoms with Gasteiger partial charge in [-0.05, 0) is 59.7 Å². The van der Waals surface area contributed by atoms with E-state index in [0.29, 0.717) is 45.8 Å². The van der Waals surface area contributed by atoms with E-state index in [0.717, 1.165) is 66.8 Å². The van der Waals surface area contributed by atoms with Crippen LogP contribution >= 0.6 is 23.4 Å². The quantitative estimate of drug-likeness (QED) is 0.0760. The number of benzene rings is 3. The van der Waals surface area contributed by atoms with E-state index in [2.05, 4.69) is 9.88 Å². The molecule has 0 aliphatic carbocycles. The van der Waals surface area contributed by atoms with Gasteiger partial charge in [0.25, 0.3) is 0 Å². The molecule has 0 amide bonds. The molecule has 296 valence electrons. The summed E-state index contributed by atoms with van der Waals surface area (Å²) in [6.45, 7) is 9.10. The molecular weight excluding hydrogens is 775 g/mol. The molecule has 3 fully saturated rings. The van der Waals surface area contributed by atoms with Crippen LogP contribution in [0.1, 0.15) is 37.1 Å². The molecule has 7 rings (SSSR count). The van der Waals surface area contributed by atoms with Crippen LogP contribution in [0.2, 0.25) is 5.02 Å². The molecule has 10 nitrogen and oxygen atoms in total. The molecule has 4 heterocycles. The average Bonchev–Trinajstić information content (AvgIpc) is 3.63. The molecule has 1 N–H and O–H groups in total. The Bertz CT molecular complexity index is 2100. The summed E-state index contributed by atoms with van der Waals surface area (Å²) in [6, 6.07) is 13.3. The average molecular weight is 821 g/mol. The van der Waals surface area contributed by atoms with Gasteiger partial charge in [0, 0.05) is 49.3 Å². The number of halogens is 4. The fraction of sp³-hybridized carbons (Fsp3) is 0.436. The van der Waals surface area contributed by atoms with Gasteiger partial charge < -0.3 is 18.9 Å². The highest BCUT2D eigenvalue weighted by Crippen LogP contribution is 2.41. The standard InChI is InChI=1S/C39H46ClF3N5O5S2/c1-39(2,28-9-13-31(40)34(22-28)52-3)36-35(26-6-10-29(42)11-7-26)44-38(45-36)54-25-27-8-12-30(23-32(27)43)55(50,51)47(33(24-41)37(49)53-4)14-5-18-48-19-15-46(16-20-48)17-21-48/h6-13,22-23,33H,5,14-21,24-25H2,1-4H3,(H,44,45)/q+1/t33-/m0/s1. The Labute approximate surface area is 329 Å². The number of esters is 1. The summed E-state index contributed by atoms with van der Waals surface area (Å²) in [5.41, 5.74) is 2.36. The smallest absolute Gasteiger partial charge is 0.326 e. The molecule has 3 aromatic carbocycles. The molecule has 0 saturated carbocycles. The largest absolute Gasteiger partial charge is 0.495 e. The molecule has 16 heteroatoms. The number of imidazole rings is 1. The van der Waals surface area contributed by atoms with Crippen molar-refractivity contribution in [3.05, 3.63) is 94.1 Å². The SMILES string of the molecule is COC(=O)[C@H](CF)N(CCC[N+]12CCN(CC1)CC2)S(=O)(=O)c1ccc(CSc2nc(-c3ccc(F)cc3)c(C(C)(C)c3ccc(Cl)c(OC)c3)[nH]2)c(F)c1. The number of methoxy groups -OCH3 is 2. The van der Waals surface area contributed by atoms with Crippen LogP contribution in [0.3, 0.4) is 0 Å². The Morgan fingerprint density at radius 3 is 2.36 bits per heavy atom. The molecular formula is C39H46ClF3N5O5S2+. The number of carbonyl (C=O) groups excluding carboxylic acids is 1. The maximum Gasteiger partial charge on any atom is 0.326 e. The lowest BCUT2D eigenvalue weighted by Crippen LogP contribution is -2.67. The van der Waals surface area contributed by atoms with E-state index in [1.807, 2.05) is 26.0 Å². The van der Waals surface area contributed by atoms with Crippen LogP contribution in [-0.2, 0) is 30.7 Å². The lowest BCUT2D eigenvalue weighted by atomic mass is 9.79. The number of rotatable bonds is 16. The van der Waals surface area contributed by atoms with Crippen molar-refractivity contribution in [3.8, 4) is 17.0 Å². The number of carbonyl (C=O) groups is 1. The highest BCUT2D eigenvalue weighted by atomic mass is 35.5. The first-order valence-electron chi connectivity index (χ1n) is 18.1. The second-order valence-electron chi connectivity index (χ2n) is 14.5. The van der Waals surface area contributed by atoms with Gasteiger partial charge in [-0.3, -0.25) is 9.69 Å². The molecule has 55 heavy (non-hydrogen) atoms. The summed E-state index contributed by atoms with van der Waals surface area (Å²) in [4.78, 5) is 22.9. The van der Waals surface area contributed by atoms with Crippen LogP contribution in [0.15, 0.2) is 70.7 Å². The monoisotopic (exact) mass is 820 g/mol. The van der Waals surface area contributed by atoms with Crippen LogP contribution in [0.25, 0.3) is 11.3 Å². The van der Waals surface area contributed by atoms with Crippen LogP contribution < -0.4 is 4.74 Å². The topological polar surface area (TPSA) is 105 Å². The normalized spacial score (nSPS) is 19.1. The highest BCUT2D eigenvalue weighted by molar-refractivity contribution is 7.98. The molecule has 0 spiro atoms. The minimum atomic E-state index is -4.51. The highest BCUT2D eigenvalue weighted by Gasteiger charge is 2.41. The van der Waals surface area contributed by atoms with Gasteiger partial charge in [0.15, 0.2) is 11.2 Å². The fourth-order valence-corrected chi connectivity index (χ4v) is 10.1. The molecule has 1 atom stereocenters. The van der Waals surface area contributed by atoms with Gasteiger partial charge in [-0.1, -0.05) is 49.3 Å². The number of fused-ring (bicyclic) bond motifs is 3. The lowest BCUT2D eigenvalue weighted by Gasteiger charge is -2.50. The number of H-pyrrole nitrogens is 1. The predicted octanol–water partition coefficient (Wildman–Crippen LogP) is 6.67. The van der Waals surface area contributed by atoms with Gasteiger partial charge in [0.05, 0.1) is 61.7 Å². The second-order valence-corrected chi connectivity index (χ2v) is 17.8. The van der Waals surface area contributed by atoms with Crippen LogP contribution in [-0.4, -0.2) is 117 Å². The summed E-state index contributed by atoms with van der Waals surface area (Å²) in [5.74, 6) is -1.62. The van der Waals surface area contributed by atoms with Crippen LogP contribution in [0.5, 0.6) is 5.75 Å². The molecule has 3 saturated heterocycles. The van der Waals surface area contributed by atoms with Crippen LogP contribution in [0.4, 0.5) is 13.2 Å². The zero-order valence-electron chi connectivity index (χ0n) is 31.3. The summed E-state index contributed by atoms with van der Waals surface area (Å²) in [5, 5.41) is 0.913. The number of hydrogen-bond donors (Lipinski definition) is 1. The summed E-state index contributed by atoms with van der Waals surface area (Å²) in [6.07, 6.45) is 0.400. The van der Waals surface area contributed by atoms with E-state index in [1.165, 1.54) is 43.1 Å². The summed E-state index contributed by atoms with van der Waals surface area (Å²) < 4.78 is 84.0. The lowest BCUT2D eigenvalue weighted by molar-refractivity contribution is -0.941. The number of aromatic nitrogens is 2. The maximum atomic E-state index is 15.8. The van der Waals surface area contributed by atoms with Crippen molar-refractivity contribution >= 4 is 39.4 Å². The number of nitrogens with one attached hydrogen (secondary N) is 1. The van der Waals surface area contributed by atoms with Gasteiger partial charge in [-0.2, -0.15) is 4.31 Å². The molecule has 3 aliphatic rings. The Kier molecular flexibility index (Phi) is 12.6. The van der Waals surface area contributed by atoms with Crippen molar-refractivity contribution in [1.29, 1.82) is 0 Å². The predicted molar refractivity (Wildman–Crippen MR) is 207 cm³/mol. The van der Waals surface area contributed by atoms with Gasteiger partial charge in [0.2, 0.25) is 10.0 Å². The summed E-state index contributed by atoms with van der Waals surface area (Å²) >= 11 is 7.52.